The van der Waals surface area contributed by atoms with E-state index in [1.807, 2.05) is 13.8 Å². The van der Waals surface area contributed by atoms with Gasteiger partial charge in [0.2, 0.25) is 0 Å². The van der Waals surface area contributed by atoms with Gasteiger partial charge in [0.1, 0.15) is 0 Å². The largest absolute Gasteiger partial charge is 0.204 e. The van der Waals surface area contributed by atoms with Crippen LogP contribution in [0.3, 0.4) is 0 Å². The van der Waals surface area contributed by atoms with Crippen LogP contribution in [0.2, 0.25) is 10.0 Å². The molecular weight excluding hydrogens is 198 g/mol. The van der Waals surface area contributed by atoms with Gasteiger partial charge in [0.15, 0.2) is 5.82 Å². The summed E-state index contributed by atoms with van der Waals surface area (Å²) in [4.78, 5) is 0. The smallest absolute Gasteiger partial charge is 0.160 e. The van der Waals surface area contributed by atoms with Gasteiger partial charge in [-0.05, 0) is 23.6 Å². The molecule has 1 rings (SSSR count). The molecule has 0 radical (unpaired) electrons. The van der Waals surface area contributed by atoms with Gasteiger partial charge in [-0.1, -0.05) is 37.0 Å². The first kappa shape index (κ1) is 9.82. The van der Waals surface area contributed by atoms with Crippen LogP contribution >= 0.6 is 23.2 Å². The van der Waals surface area contributed by atoms with Gasteiger partial charge in [-0.2, -0.15) is 0 Å². The molecule has 0 unspecified atom stereocenters. The minimum atomic E-state index is -0.539. The van der Waals surface area contributed by atoms with Gasteiger partial charge in [-0.25, -0.2) is 4.39 Å². The van der Waals surface area contributed by atoms with Gasteiger partial charge in [0, 0.05) is 0 Å². The van der Waals surface area contributed by atoms with E-state index in [2.05, 4.69) is 0 Å². The van der Waals surface area contributed by atoms with Crippen LogP contribution in [0.25, 0.3) is 0 Å². The molecule has 0 aromatic heterocycles. The van der Waals surface area contributed by atoms with Crippen LogP contribution in [-0.2, 0) is 0 Å². The summed E-state index contributed by atoms with van der Waals surface area (Å²) in [6.07, 6.45) is 0. The summed E-state index contributed by atoms with van der Waals surface area (Å²) < 4.78 is 12.9. The van der Waals surface area contributed by atoms with Crippen molar-refractivity contribution < 1.29 is 4.39 Å². The molecule has 0 saturated carbocycles. The van der Waals surface area contributed by atoms with Crippen LogP contribution in [0, 0.1) is 5.82 Å². The molecular formula is C9H9Cl2F. The lowest BCUT2D eigenvalue weighted by Crippen LogP contribution is -1.89. The Bertz CT molecular complexity index is 272. The first-order valence-electron chi connectivity index (χ1n) is 3.67. The maximum absolute atomic E-state index is 12.9. The van der Waals surface area contributed by atoms with E-state index in [0.29, 0.717) is 5.92 Å². The zero-order chi connectivity index (χ0) is 9.30. The van der Waals surface area contributed by atoms with E-state index in [0.717, 1.165) is 5.56 Å². The molecule has 0 aliphatic rings. The zero-order valence-corrected chi connectivity index (χ0v) is 8.38. The number of hydrogen-bond acceptors (Lipinski definition) is 0. The number of halogens is 3. The first-order chi connectivity index (χ1) is 5.52. The molecule has 0 N–H and O–H groups in total. The van der Waals surface area contributed by atoms with Crippen molar-refractivity contribution >= 4 is 23.2 Å². The SMILES string of the molecule is CC(C)c1cc(Cl)c(F)c(Cl)c1. The topological polar surface area (TPSA) is 0 Å². The maximum atomic E-state index is 12.9. The van der Waals surface area contributed by atoms with E-state index >= 15 is 0 Å². The molecule has 0 spiro atoms. The predicted molar refractivity (Wildman–Crippen MR) is 50.5 cm³/mol. The Morgan fingerprint density at radius 1 is 1.17 bits per heavy atom. The van der Waals surface area contributed by atoms with Gasteiger partial charge in [0.25, 0.3) is 0 Å². The third-order valence-electron chi connectivity index (χ3n) is 1.67. The third-order valence-corrected chi connectivity index (χ3v) is 2.22. The molecule has 0 amide bonds. The quantitative estimate of drug-likeness (QED) is 0.603. The fraction of sp³-hybridized carbons (Fsp3) is 0.333. The third kappa shape index (κ3) is 1.90. The van der Waals surface area contributed by atoms with Gasteiger partial charge in [-0.15, -0.1) is 0 Å². The monoisotopic (exact) mass is 206 g/mol. The van der Waals surface area contributed by atoms with Crippen LogP contribution < -0.4 is 0 Å². The molecule has 0 aliphatic carbocycles. The Balaban J connectivity index is 3.21. The Kier molecular flexibility index (Phi) is 2.97. The molecule has 0 heterocycles. The van der Waals surface area contributed by atoms with Crippen molar-refractivity contribution in [2.75, 3.05) is 0 Å². The average molecular weight is 207 g/mol. The van der Waals surface area contributed by atoms with E-state index < -0.39 is 5.82 Å². The summed E-state index contributed by atoms with van der Waals surface area (Å²) in [5.41, 5.74) is 0.950. The lowest BCUT2D eigenvalue weighted by molar-refractivity contribution is 0.627. The summed E-state index contributed by atoms with van der Waals surface area (Å²) >= 11 is 11.2. The highest BCUT2D eigenvalue weighted by molar-refractivity contribution is 6.35. The predicted octanol–water partition coefficient (Wildman–Crippen LogP) is 4.26. The van der Waals surface area contributed by atoms with Crippen molar-refractivity contribution in [3.63, 3.8) is 0 Å². The van der Waals surface area contributed by atoms with Crippen LogP contribution in [0.1, 0.15) is 25.3 Å². The van der Waals surface area contributed by atoms with Gasteiger partial charge >= 0.3 is 0 Å². The molecule has 66 valence electrons. The van der Waals surface area contributed by atoms with E-state index in [9.17, 15) is 4.39 Å². The van der Waals surface area contributed by atoms with Crippen molar-refractivity contribution in [2.45, 2.75) is 19.8 Å². The molecule has 0 aliphatic heterocycles. The highest BCUT2D eigenvalue weighted by atomic mass is 35.5. The van der Waals surface area contributed by atoms with Crippen molar-refractivity contribution in [2.24, 2.45) is 0 Å². The maximum Gasteiger partial charge on any atom is 0.160 e. The van der Waals surface area contributed by atoms with Gasteiger partial charge < -0.3 is 0 Å². The first-order valence-corrected chi connectivity index (χ1v) is 4.42. The van der Waals surface area contributed by atoms with Crippen LogP contribution in [0.4, 0.5) is 4.39 Å². The summed E-state index contributed by atoms with van der Waals surface area (Å²) in [7, 11) is 0. The lowest BCUT2D eigenvalue weighted by atomic mass is 10.0. The van der Waals surface area contributed by atoms with Crippen LogP contribution in [0.5, 0.6) is 0 Å². The Morgan fingerprint density at radius 3 is 1.92 bits per heavy atom. The second kappa shape index (κ2) is 3.63. The number of rotatable bonds is 1. The normalized spacial score (nSPS) is 10.8. The van der Waals surface area contributed by atoms with E-state index in [-0.39, 0.29) is 10.0 Å². The minimum Gasteiger partial charge on any atom is -0.204 e. The molecule has 0 bridgehead atoms. The molecule has 3 heteroatoms. The fourth-order valence-corrected chi connectivity index (χ4v) is 1.41. The van der Waals surface area contributed by atoms with E-state index in [1.54, 1.807) is 12.1 Å². The lowest BCUT2D eigenvalue weighted by Gasteiger charge is -2.06. The average Bonchev–Trinajstić information content (AvgIpc) is 1.99. The summed E-state index contributed by atoms with van der Waals surface area (Å²) in [6, 6.07) is 3.21. The second-order valence-corrected chi connectivity index (χ2v) is 3.77. The van der Waals surface area contributed by atoms with Crippen LogP contribution in [-0.4, -0.2) is 0 Å². The van der Waals surface area contributed by atoms with Crippen molar-refractivity contribution in [3.8, 4) is 0 Å². The molecule has 0 atom stereocenters. The second-order valence-electron chi connectivity index (χ2n) is 2.95. The fourth-order valence-electron chi connectivity index (χ4n) is 0.908. The molecule has 1 aromatic carbocycles. The Morgan fingerprint density at radius 2 is 1.58 bits per heavy atom. The summed E-state index contributed by atoms with van der Waals surface area (Å²) in [5, 5.41) is 0.178. The van der Waals surface area contributed by atoms with Gasteiger partial charge in [-0.3, -0.25) is 0 Å². The van der Waals surface area contributed by atoms with E-state index in [4.69, 9.17) is 23.2 Å². The highest BCUT2D eigenvalue weighted by Gasteiger charge is 2.08. The van der Waals surface area contributed by atoms with Crippen molar-refractivity contribution in [1.29, 1.82) is 0 Å². The molecule has 12 heavy (non-hydrogen) atoms. The Hall–Kier alpha value is -0.270. The number of hydrogen-bond donors (Lipinski definition) is 0. The minimum absolute atomic E-state index is 0.0891. The zero-order valence-electron chi connectivity index (χ0n) is 6.87. The summed E-state index contributed by atoms with van der Waals surface area (Å²) in [6.45, 7) is 4.00. The number of benzene rings is 1. The highest BCUT2D eigenvalue weighted by Crippen LogP contribution is 2.27. The van der Waals surface area contributed by atoms with Crippen molar-refractivity contribution in [3.05, 3.63) is 33.6 Å². The molecule has 0 fully saturated rings. The van der Waals surface area contributed by atoms with E-state index in [1.165, 1.54) is 0 Å². The molecule has 0 nitrogen and oxygen atoms in total. The summed E-state index contributed by atoms with van der Waals surface area (Å²) in [5.74, 6) is -0.233. The molecule has 0 saturated heterocycles. The van der Waals surface area contributed by atoms with Crippen LogP contribution in [0.15, 0.2) is 12.1 Å². The van der Waals surface area contributed by atoms with Crippen molar-refractivity contribution in [1.82, 2.24) is 0 Å². The Labute approximate surface area is 81.3 Å². The molecule has 1 aromatic rings. The van der Waals surface area contributed by atoms with Gasteiger partial charge in [0.05, 0.1) is 10.0 Å². The standard InChI is InChI=1S/C9H9Cl2F/c1-5(2)6-3-7(10)9(12)8(11)4-6/h3-5H,1-2H3.